The summed E-state index contributed by atoms with van der Waals surface area (Å²) < 4.78 is 35.8. The number of benzene rings is 2. The molecule has 0 radical (unpaired) electrons. The van der Waals surface area contributed by atoms with Crippen LogP contribution >= 0.6 is 0 Å². The number of halogens is 2. The summed E-state index contributed by atoms with van der Waals surface area (Å²) in [6, 6.07) is 9.44. The first-order valence-electron chi connectivity index (χ1n) is 11.0. The molecule has 0 fully saturated rings. The van der Waals surface area contributed by atoms with Gasteiger partial charge in [-0.1, -0.05) is 12.1 Å². The number of aromatic nitrogens is 4. The van der Waals surface area contributed by atoms with Crippen molar-refractivity contribution in [1.29, 1.82) is 0 Å². The van der Waals surface area contributed by atoms with Crippen LogP contribution in [0.3, 0.4) is 0 Å². The summed E-state index contributed by atoms with van der Waals surface area (Å²) >= 11 is 0. The van der Waals surface area contributed by atoms with E-state index in [4.69, 9.17) is 9.72 Å². The summed E-state index contributed by atoms with van der Waals surface area (Å²) in [4.78, 5) is 13.5. The third-order valence-corrected chi connectivity index (χ3v) is 6.07. The minimum Gasteiger partial charge on any atom is -0.494 e. The summed E-state index contributed by atoms with van der Waals surface area (Å²) in [7, 11) is 3.33. The fourth-order valence-electron chi connectivity index (χ4n) is 4.42. The van der Waals surface area contributed by atoms with Crippen LogP contribution in [0.5, 0.6) is 5.75 Å². The molecule has 0 aliphatic heterocycles. The topological polar surface area (TPSA) is 76.9 Å². The third kappa shape index (κ3) is 3.93. The fraction of sp³-hybridized carbons (Fsp3) is 0.240. The molecule has 1 aliphatic carbocycles. The molecule has 5 rings (SSSR count). The number of fused-ring (bicyclic) bond motifs is 1. The zero-order chi connectivity index (χ0) is 23.8. The van der Waals surface area contributed by atoms with E-state index in [1.54, 1.807) is 42.3 Å². The Morgan fingerprint density at radius 1 is 1.12 bits per heavy atom. The van der Waals surface area contributed by atoms with E-state index >= 15 is 4.39 Å². The molecular weight excluding hydrogens is 438 g/mol. The molecule has 0 amide bonds. The standard InChI is InChI=1S/C25H24F2N6O/c1-14-12-33(13-29-14)21-10-19(27)20(11-22(21)34-3)30-25-31-23-17(15-4-6-16(26)7-5-15)8-9-18(23)24(28-2)32-25/h4-7,10-13,17H,8-9H2,1-3H3,(H2,28,30,31,32). The van der Waals surface area contributed by atoms with Gasteiger partial charge >= 0.3 is 0 Å². The van der Waals surface area contributed by atoms with Gasteiger partial charge in [0.1, 0.15) is 23.2 Å². The Morgan fingerprint density at radius 2 is 1.91 bits per heavy atom. The largest absolute Gasteiger partial charge is 0.494 e. The van der Waals surface area contributed by atoms with Crippen LogP contribution in [0.4, 0.5) is 26.2 Å². The maximum atomic E-state index is 15.1. The number of hydrogen-bond donors (Lipinski definition) is 2. The smallest absolute Gasteiger partial charge is 0.229 e. The quantitative estimate of drug-likeness (QED) is 0.414. The van der Waals surface area contributed by atoms with Crippen molar-refractivity contribution < 1.29 is 13.5 Å². The number of nitrogens with one attached hydrogen (secondary N) is 2. The van der Waals surface area contributed by atoms with Crippen LogP contribution in [-0.4, -0.2) is 33.7 Å². The molecule has 34 heavy (non-hydrogen) atoms. The van der Waals surface area contributed by atoms with Crippen molar-refractivity contribution in [2.45, 2.75) is 25.7 Å². The molecule has 1 atom stereocenters. The number of aryl methyl sites for hydroxylation is 1. The summed E-state index contributed by atoms with van der Waals surface area (Å²) in [5, 5.41) is 6.14. The van der Waals surface area contributed by atoms with Crippen LogP contribution in [-0.2, 0) is 6.42 Å². The van der Waals surface area contributed by atoms with Gasteiger partial charge in [0.05, 0.1) is 36.2 Å². The highest BCUT2D eigenvalue weighted by molar-refractivity contribution is 5.65. The Hall–Kier alpha value is -4.01. The van der Waals surface area contributed by atoms with Crippen molar-refractivity contribution in [1.82, 2.24) is 19.5 Å². The second-order valence-electron chi connectivity index (χ2n) is 8.20. The van der Waals surface area contributed by atoms with Crippen LogP contribution in [0.1, 0.15) is 34.9 Å². The van der Waals surface area contributed by atoms with E-state index in [0.29, 0.717) is 17.3 Å². The molecule has 0 saturated carbocycles. The van der Waals surface area contributed by atoms with Crippen molar-refractivity contribution >= 4 is 17.5 Å². The predicted molar refractivity (Wildman–Crippen MR) is 126 cm³/mol. The molecule has 1 unspecified atom stereocenters. The van der Waals surface area contributed by atoms with Crippen LogP contribution in [0.2, 0.25) is 0 Å². The average Bonchev–Trinajstić information content (AvgIpc) is 3.46. The number of anilines is 3. The lowest BCUT2D eigenvalue weighted by Gasteiger charge is -2.16. The highest BCUT2D eigenvalue weighted by atomic mass is 19.1. The fourth-order valence-corrected chi connectivity index (χ4v) is 4.42. The van der Waals surface area contributed by atoms with Crippen LogP contribution in [0, 0.1) is 18.6 Å². The summed E-state index contributed by atoms with van der Waals surface area (Å²) in [6.45, 7) is 1.86. The average molecular weight is 463 g/mol. The van der Waals surface area contributed by atoms with Gasteiger partial charge in [0.15, 0.2) is 0 Å². The molecular formula is C25H24F2N6O. The Bertz CT molecular complexity index is 1350. The molecule has 0 spiro atoms. The lowest BCUT2D eigenvalue weighted by molar-refractivity contribution is 0.412. The van der Waals surface area contributed by atoms with Gasteiger partial charge in [-0.3, -0.25) is 0 Å². The van der Waals surface area contributed by atoms with E-state index in [0.717, 1.165) is 35.4 Å². The molecule has 4 aromatic rings. The number of ether oxygens (including phenoxy) is 1. The van der Waals surface area contributed by atoms with E-state index in [-0.39, 0.29) is 23.4 Å². The lowest BCUT2D eigenvalue weighted by atomic mass is 9.97. The van der Waals surface area contributed by atoms with E-state index in [1.165, 1.54) is 25.3 Å². The monoisotopic (exact) mass is 462 g/mol. The normalized spacial score (nSPS) is 14.7. The number of nitrogens with zero attached hydrogens (tertiary/aromatic N) is 4. The highest BCUT2D eigenvalue weighted by Crippen LogP contribution is 2.40. The first kappa shape index (κ1) is 21.8. The van der Waals surface area contributed by atoms with Crippen LogP contribution in [0.25, 0.3) is 5.69 Å². The van der Waals surface area contributed by atoms with Gasteiger partial charge in [-0.2, -0.15) is 4.98 Å². The predicted octanol–water partition coefficient (Wildman–Crippen LogP) is 5.12. The van der Waals surface area contributed by atoms with Gasteiger partial charge in [0.25, 0.3) is 0 Å². The number of hydrogen-bond acceptors (Lipinski definition) is 6. The lowest BCUT2D eigenvalue weighted by Crippen LogP contribution is -2.09. The number of methoxy groups -OCH3 is 1. The van der Waals surface area contributed by atoms with Gasteiger partial charge in [-0.05, 0) is 37.5 Å². The first-order chi connectivity index (χ1) is 16.5. The van der Waals surface area contributed by atoms with Crippen LogP contribution in [0.15, 0.2) is 48.9 Å². The van der Waals surface area contributed by atoms with E-state index in [2.05, 4.69) is 20.6 Å². The second kappa shape index (κ2) is 8.74. The van der Waals surface area contributed by atoms with Gasteiger partial charge in [0.2, 0.25) is 5.95 Å². The first-order valence-corrected chi connectivity index (χ1v) is 11.0. The number of rotatable bonds is 6. The van der Waals surface area contributed by atoms with Crippen molar-refractivity contribution in [2.24, 2.45) is 0 Å². The maximum absolute atomic E-state index is 15.1. The summed E-state index contributed by atoms with van der Waals surface area (Å²) in [5.41, 5.74) is 4.40. The van der Waals surface area contributed by atoms with Crippen molar-refractivity contribution in [3.63, 3.8) is 0 Å². The van der Waals surface area contributed by atoms with Gasteiger partial charge < -0.3 is 19.9 Å². The molecule has 9 heteroatoms. The number of imidazole rings is 1. The maximum Gasteiger partial charge on any atom is 0.229 e. The zero-order valence-corrected chi connectivity index (χ0v) is 19.1. The van der Waals surface area contributed by atoms with Crippen molar-refractivity contribution in [3.8, 4) is 11.4 Å². The Kier molecular flexibility index (Phi) is 5.61. The second-order valence-corrected chi connectivity index (χ2v) is 8.20. The summed E-state index contributed by atoms with van der Waals surface area (Å²) in [5.74, 6) is 0.686. The molecule has 0 saturated heterocycles. The molecule has 174 valence electrons. The minimum absolute atomic E-state index is 0.0116. The molecule has 2 aromatic heterocycles. The third-order valence-electron chi connectivity index (χ3n) is 6.07. The molecule has 2 N–H and O–H groups in total. The Labute approximate surface area is 195 Å². The van der Waals surface area contributed by atoms with E-state index in [1.807, 2.05) is 6.92 Å². The SMILES string of the molecule is CNc1nc(Nc2cc(OC)c(-n3cnc(C)c3)cc2F)nc2c1CCC2c1ccc(F)cc1. The highest BCUT2D eigenvalue weighted by Gasteiger charge is 2.29. The molecule has 7 nitrogen and oxygen atoms in total. The molecule has 1 aliphatic rings. The van der Waals surface area contributed by atoms with Crippen LogP contribution < -0.4 is 15.4 Å². The Morgan fingerprint density at radius 3 is 2.59 bits per heavy atom. The molecule has 2 heterocycles. The van der Waals surface area contributed by atoms with Gasteiger partial charge in [-0.25, -0.2) is 18.7 Å². The van der Waals surface area contributed by atoms with Crippen molar-refractivity contribution in [3.05, 3.63) is 83.1 Å². The Balaban J connectivity index is 1.52. The molecule has 0 bridgehead atoms. The van der Waals surface area contributed by atoms with Gasteiger partial charge in [0, 0.05) is 36.9 Å². The zero-order valence-electron chi connectivity index (χ0n) is 19.1. The van der Waals surface area contributed by atoms with Gasteiger partial charge in [-0.15, -0.1) is 0 Å². The van der Waals surface area contributed by atoms with E-state index < -0.39 is 5.82 Å². The molecule has 2 aromatic carbocycles. The summed E-state index contributed by atoms with van der Waals surface area (Å²) in [6.07, 6.45) is 5.05. The minimum atomic E-state index is -0.479. The van der Waals surface area contributed by atoms with Crippen molar-refractivity contribution in [2.75, 3.05) is 24.8 Å². The van der Waals surface area contributed by atoms with E-state index in [9.17, 15) is 4.39 Å².